The topological polar surface area (TPSA) is 75.7 Å². The first kappa shape index (κ1) is 26.4. The van der Waals surface area contributed by atoms with E-state index in [2.05, 4.69) is 5.32 Å². The number of amides is 1. The molecule has 11 heteroatoms. The zero-order valence-electron chi connectivity index (χ0n) is 19.0. The second-order valence-corrected chi connectivity index (χ2v) is 9.96. The van der Waals surface area contributed by atoms with Crippen LogP contribution in [0.4, 0.5) is 24.5 Å². The number of anilines is 2. The van der Waals surface area contributed by atoms with Crippen LogP contribution in [0.15, 0.2) is 65.6 Å². The first-order valence-electron chi connectivity index (χ1n) is 10.2. The van der Waals surface area contributed by atoms with E-state index in [0.717, 1.165) is 22.5 Å². The number of halogens is 4. The maximum absolute atomic E-state index is 13.7. The van der Waals surface area contributed by atoms with Crippen LogP contribution in [0.1, 0.15) is 16.7 Å². The molecule has 0 bridgehead atoms. The molecule has 0 aliphatic heterocycles. The Morgan fingerprint density at radius 1 is 1.06 bits per heavy atom. The van der Waals surface area contributed by atoms with Gasteiger partial charge in [0.25, 0.3) is 10.0 Å². The Bertz CT molecular complexity index is 1360. The molecule has 0 spiro atoms. The van der Waals surface area contributed by atoms with Crippen LogP contribution in [0.3, 0.4) is 0 Å². The lowest BCUT2D eigenvalue weighted by Gasteiger charge is -2.25. The normalized spacial score (nSPS) is 11.7. The van der Waals surface area contributed by atoms with E-state index in [9.17, 15) is 26.4 Å². The van der Waals surface area contributed by atoms with Crippen LogP contribution in [0.2, 0.25) is 5.02 Å². The van der Waals surface area contributed by atoms with Crippen molar-refractivity contribution >= 4 is 38.9 Å². The Kier molecular flexibility index (Phi) is 7.66. The molecule has 0 saturated carbocycles. The fraction of sp³-hybridized carbons (Fsp3) is 0.208. The Morgan fingerprint density at radius 3 is 2.40 bits per heavy atom. The highest BCUT2D eigenvalue weighted by Gasteiger charge is 2.32. The maximum Gasteiger partial charge on any atom is 0.416 e. The van der Waals surface area contributed by atoms with Crippen molar-refractivity contribution in [3.8, 4) is 5.75 Å². The van der Waals surface area contributed by atoms with E-state index >= 15 is 0 Å². The van der Waals surface area contributed by atoms with Gasteiger partial charge in [0, 0.05) is 10.7 Å². The SMILES string of the molecule is COc1ccc(C)cc1S(=O)(=O)N(CC(=O)Nc1cccc(C(F)(F)F)c1)c1ccc(C)c(Cl)c1. The van der Waals surface area contributed by atoms with Gasteiger partial charge >= 0.3 is 6.18 Å². The molecule has 3 aromatic carbocycles. The summed E-state index contributed by atoms with van der Waals surface area (Å²) in [4.78, 5) is 12.7. The zero-order chi connectivity index (χ0) is 26.0. The van der Waals surface area contributed by atoms with Crippen LogP contribution < -0.4 is 14.4 Å². The summed E-state index contributed by atoms with van der Waals surface area (Å²) >= 11 is 6.21. The highest BCUT2D eigenvalue weighted by Crippen LogP contribution is 2.33. The molecule has 1 N–H and O–H groups in total. The molecule has 0 atom stereocenters. The second kappa shape index (κ2) is 10.2. The van der Waals surface area contributed by atoms with Gasteiger partial charge < -0.3 is 10.1 Å². The average molecular weight is 527 g/mol. The molecule has 1 amide bonds. The van der Waals surface area contributed by atoms with Gasteiger partial charge in [0.05, 0.1) is 18.4 Å². The number of rotatable bonds is 7. The summed E-state index contributed by atoms with van der Waals surface area (Å²) in [5.74, 6) is -0.784. The van der Waals surface area contributed by atoms with Gasteiger partial charge in [0.1, 0.15) is 17.2 Å². The van der Waals surface area contributed by atoms with Gasteiger partial charge in [0.15, 0.2) is 0 Å². The lowest BCUT2D eigenvalue weighted by Crippen LogP contribution is -2.38. The van der Waals surface area contributed by atoms with Crippen molar-refractivity contribution in [2.75, 3.05) is 23.3 Å². The van der Waals surface area contributed by atoms with E-state index < -0.39 is 34.2 Å². The van der Waals surface area contributed by atoms with Crippen molar-refractivity contribution in [1.29, 1.82) is 0 Å². The van der Waals surface area contributed by atoms with Crippen LogP contribution >= 0.6 is 11.6 Å². The number of hydrogen-bond acceptors (Lipinski definition) is 4. The predicted octanol–water partition coefficient (Wildman–Crippen LogP) is 5.82. The molecule has 0 unspecified atom stereocenters. The fourth-order valence-electron chi connectivity index (χ4n) is 3.26. The number of carbonyl (C=O) groups excluding carboxylic acids is 1. The van der Waals surface area contributed by atoms with Crippen LogP contribution in [0.25, 0.3) is 0 Å². The fourth-order valence-corrected chi connectivity index (χ4v) is 5.09. The number of nitrogens with zero attached hydrogens (tertiary/aromatic N) is 1. The van der Waals surface area contributed by atoms with Gasteiger partial charge in [-0.2, -0.15) is 13.2 Å². The van der Waals surface area contributed by atoms with Crippen molar-refractivity contribution in [2.24, 2.45) is 0 Å². The van der Waals surface area contributed by atoms with E-state index in [1.165, 1.54) is 37.4 Å². The van der Waals surface area contributed by atoms with Crippen LogP contribution in [-0.2, 0) is 21.0 Å². The first-order valence-corrected chi connectivity index (χ1v) is 12.1. The summed E-state index contributed by atoms with van der Waals surface area (Å²) in [5.41, 5.74) is 0.351. The standard InChI is InChI=1S/C24H22ClF3N2O4S/c1-15-7-10-21(34-3)22(11-15)35(32,33)30(19-9-8-16(2)20(25)13-19)14-23(31)29-18-6-4-5-17(12-18)24(26,27)28/h4-13H,14H2,1-3H3,(H,29,31). The van der Waals surface area contributed by atoms with E-state index in [1.807, 2.05) is 0 Å². The van der Waals surface area contributed by atoms with E-state index in [0.29, 0.717) is 11.1 Å². The van der Waals surface area contributed by atoms with Crippen molar-refractivity contribution < 1.29 is 31.1 Å². The van der Waals surface area contributed by atoms with Crippen LogP contribution in [0.5, 0.6) is 5.75 Å². The van der Waals surface area contributed by atoms with Gasteiger partial charge in [-0.3, -0.25) is 9.10 Å². The molecule has 0 aliphatic carbocycles. The number of nitrogens with one attached hydrogen (secondary N) is 1. The highest BCUT2D eigenvalue weighted by molar-refractivity contribution is 7.93. The maximum atomic E-state index is 13.7. The number of hydrogen-bond donors (Lipinski definition) is 1. The van der Waals surface area contributed by atoms with E-state index in [1.54, 1.807) is 26.0 Å². The number of carbonyl (C=O) groups is 1. The highest BCUT2D eigenvalue weighted by atomic mass is 35.5. The Balaban J connectivity index is 2.03. The smallest absolute Gasteiger partial charge is 0.416 e. The predicted molar refractivity (Wildman–Crippen MR) is 129 cm³/mol. The Morgan fingerprint density at radius 2 is 1.77 bits per heavy atom. The van der Waals surface area contributed by atoms with Crippen molar-refractivity contribution in [1.82, 2.24) is 0 Å². The van der Waals surface area contributed by atoms with E-state index in [-0.39, 0.29) is 27.0 Å². The molecule has 3 aromatic rings. The molecule has 0 saturated heterocycles. The van der Waals surface area contributed by atoms with Gasteiger partial charge in [-0.05, 0) is 67.4 Å². The molecule has 6 nitrogen and oxygen atoms in total. The molecule has 35 heavy (non-hydrogen) atoms. The zero-order valence-corrected chi connectivity index (χ0v) is 20.6. The monoisotopic (exact) mass is 526 g/mol. The molecule has 0 radical (unpaired) electrons. The van der Waals surface area contributed by atoms with Crippen LogP contribution in [-0.4, -0.2) is 28.0 Å². The molecular formula is C24H22ClF3N2O4S. The van der Waals surface area contributed by atoms with Crippen molar-refractivity contribution in [3.63, 3.8) is 0 Å². The van der Waals surface area contributed by atoms with Crippen molar-refractivity contribution in [3.05, 3.63) is 82.4 Å². The lowest BCUT2D eigenvalue weighted by atomic mass is 10.2. The van der Waals surface area contributed by atoms with Gasteiger partial charge in [-0.25, -0.2) is 8.42 Å². The number of aryl methyl sites for hydroxylation is 2. The number of ether oxygens (including phenoxy) is 1. The summed E-state index contributed by atoms with van der Waals surface area (Å²) < 4.78 is 72.6. The molecule has 3 rings (SSSR count). The minimum atomic E-state index is -4.60. The van der Waals surface area contributed by atoms with Gasteiger partial charge in [0.2, 0.25) is 5.91 Å². The molecule has 0 heterocycles. The summed E-state index contributed by atoms with van der Waals surface area (Å²) in [5, 5.41) is 2.61. The third kappa shape index (κ3) is 6.07. The lowest BCUT2D eigenvalue weighted by molar-refractivity contribution is -0.137. The van der Waals surface area contributed by atoms with E-state index in [4.69, 9.17) is 16.3 Å². The third-order valence-corrected chi connectivity index (χ3v) is 7.29. The number of sulfonamides is 1. The molecular weight excluding hydrogens is 505 g/mol. The Hall–Kier alpha value is -3.24. The summed E-state index contributed by atoms with van der Waals surface area (Å²) in [6.45, 7) is 2.70. The minimum absolute atomic E-state index is 0.0668. The van der Waals surface area contributed by atoms with Crippen molar-refractivity contribution in [2.45, 2.75) is 24.9 Å². The summed E-state index contributed by atoms with van der Waals surface area (Å²) in [6.07, 6.45) is -4.60. The number of benzene rings is 3. The summed E-state index contributed by atoms with van der Waals surface area (Å²) in [6, 6.07) is 13.1. The quantitative estimate of drug-likeness (QED) is 0.421. The molecule has 186 valence electrons. The largest absolute Gasteiger partial charge is 0.495 e. The van der Waals surface area contributed by atoms with Crippen LogP contribution in [0, 0.1) is 13.8 Å². The molecule has 0 aliphatic rings. The second-order valence-electron chi connectivity index (χ2n) is 7.73. The molecule has 0 aromatic heterocycles. The number of methoxy groups -OCH3 is 1. The minimum Gasteiger partial charge on any atom is -0.495 e. The summed E-state index contributed by atoms with van der Waals surface area (Å²) in [7, 11) is -3.04. The Labute approximate surface area is 206 Å². The first-order chi connectivity index (χ1) is 16.3. The molecule has 0 fully saturated rings. The van der Waals surface area contributed by atoms with Gasteiger partial charge in [-0.15, -0.1) is 0 Å². The average Bonchev–Trinajstić information content (AvgIpc) is 2.79. The van der Waals surface area contributed by atoms with Gasteiger partial charge in [-0.1, -0.05) is 29.8 Å². The third-order valence-electron chi connectivity index (χ3n) is 5.09. The number of alkyl halides is 3.